The molecule has 2 aromatic heterocycles. The summed E-state index contributed by atoms with van der Waals surface area (Å²) in [4.78, 5) is 33.6. The lowest BCUT2D eigenvalue weighted by Crippen LogP contribution is -2.50. The van der Waals surface area contributed by atoms with E-state index in [1.807, 2.05) is 43.5 Å². The largest absolute Gasteiger partial charge is 0.415 e. The van der Waals surface area contributed by atoms with Crippen LogP contribution in [0.2, 0.25) is 0 Å². The van der Waals surface area contributed by atoms with Crippen molar-refractivity contribution in [2.45, 2.75) is 45.8 Å². The molecule has 1 amide bonds. The van der Waals surface area contributed by atoms with E-state index in [0.717, 1.165) is 41.8 Å². The van der Waals surface area contributed by atoms with Crippen molar-refractivity contribution < 1.29 is 9.53 Å². The van der Waals surface area contributed by atoms with Crippen molar-refractivity contribution in [3.8, 4) is 5.75 Å². The Hall–Kier alpha value is -4.17. The van der Waals surface area contributed by atoms with E-state index >= 15 is 0 Å². The van der Waals surface area contributed by atoms with E-state index in [2.05, 4.69) is 53.3 Å². The normalized spacial score (nSPS) is 15.5. The number of anilines is 1. The summed E-state index contributed by atoms with van der Waals surface area (Å²) in [5.41, 5.74) is 3.31. The molecule has 2 aromatic carbocycles. The molecule has 0 spiro atoms. The third kappa shape index (κ3) is 6.02. The number of aromatic nitrogens is 2. The van der Waals surface area contributed by atoms with E-state index in [4.69, 9.17) is 4.74 Å². The molecule has 2 unspecified atom stereocenters. The van der Waals surface area contributed by atoms with Crippen molar-refractivity contribution >= 4 is 22.8 Å². The zero-order chi connectivity index (χ0) is 28.1. The van der Waals surface area contributed by atoms with Crippen LogP contribution in [0.4, 0.5) is 10.6 Å². The maximum Gasteiger partial charge on any atom is 0.415 e. The molecular formula is C32H37N5O3. The van der Waals surface area contributed by atoms with Crippen LogP contribution in [0, 0.1) is 0 Å². The van der Waals surface area contributed by atoms with Gasteiger partial charge in [-0.25, -0.2) is 9.78 Å². The minimum atomic E-state index is -0.288. The number of fused-ring (bicyclic) bond motifs is 1. The summed E-state index contributed by atoms with van der Waals surface area (Å²) in [6, 6.07) is 23.7. The topological polar surface area (TPSA) is 79.7 Å². The first kappa shape index (κ1) is 27.4. The highest BCUT2D eigenvalue weighted by Crippen LogP contribution is 2.28. The number of ether oxygens (including phenoxy) is 1. The second-order valence-electron chi connectivity index (χ2n) is 10.2. The minimum Gasteiger partial charge on any atom is -0.410 e. The van der Waals surface area contributed by atoms with Crippen molar-refractivity contribution in [1.29, 1.82) is 0 Å². The highest BCUT2D eigenvalue weighted by Gasteiger charge is 2.27. The van der Waals surface area contributed by atoms with Gasteiger partial charge in [0, 0.05) is 68.5 Å². The SMILES string of the molecule is CCC(c1ccc(C(C)Nc2cc3c(ccc(=O)n3CC)cn2)cc1)N1CCN(C(=O)Oc2ccccc2)CC1. The lowest BCUT2D eigenvalue weighted by molar-refractivity contribution is 0.0872. The van der Waals surface area contributed by atoms with E-state index < -0.39 is 0 Å². The number of nitrogens with zero attached hydrogens (tertiary/aromatic N) is 4. The smallest absolute Gasteiger partial charge is 0.410 e. The Balaban J connectivity index is 1.20. The molecule has 1 saturated heterocycles. The molecule has 2 atom stereocenters. The Bertz CT molecular complexity index is 1500. The molecule has 0 bridgehead atoms. The number of piperazine rings is 1. The number of nitrogens with one attached hydrogen (secondary N) is 1. The van der Waals surface area contributed by atoms with Gasteiger partial charge in [0.2, 0.25) is 0 Å². The summed E-state index contributed by atoms with van der Waals surface area (Å²) in [6.07, 6.45) is 2.51. The van der Waals surface area contributed by atoms with Gasteiger partial charge in [-0.15, -0.1) is 0 Å². The van der Waals surface area contributed by atoms with Crippen molar-refractivity contribution in [2.24, 2.45) is 0 Å². The van der Waals surface area contributed by atoms with Crippen LogP contribution in [-0.4, -0.2) is 51.6 Å². The van der Waals surface area contributed by atoms with Crippen LogP contribution in [0.1, 0.15) is 50.4 Å². The third-order valence-electron chi connectivity index (χ3n) is 7.72. The number of rotatable bonds is 8. The van der Waals surface area contributed by atoms with Gasteiger partial charge >= 0.3 is 6.09 Å². The second kappa shape index (κ2) is 12.3. The Morgan fingerprint density at radius 3 is 2.33 bits per heavy atom. The van der Waals surface area contributed by atoms with Crippen LogP contribution in [0.25, 0.3) is 10.9 Å². The number of hydrogen-bond donors (Lipinski definition) is 1. The van der Waals surface area contributed by atoms with Gasteiger partial charge in [-0.3, -0.25) is 9.69 Å². The molecule has 3 heterocycles. The first-order chi connectivity index (χ1) is 19.5. The quantitative estimate of drug-likeness (QED) is 0.302. The van der Waals surface area contributed by atoms with Crippen molar-refractivity contribution in [3.63, 3.8) is 0 Å². The van der Waals surface area contributed by atoms with E-state index in [0.29, 0.717) is 25.4 Å². The van der Waals surface area contributed by atoms with E-state index in [9.17, 15) is 9.59 Å². The zero-order valence-corrected chi connectivity index (χ0v) is 23.4. The molecule has 0 saturated carbocycles. The summed E-state index contributed by atoms with van der Waals surface area (Å²) in [5.74, 6) is 1.31. The Morgan fingerprint density at radius 1 is 0.950 bits per heavy atom. The Kier molecular flexibility index (Phi) is 8.45. The first-order valence-corrected chi connectivity index (χ1v) is 14.1. The molecule has 1 aliphatic heterocycles. The molecule has 4 aromatic rings. The lowest BCUT2D eigenvalue weighted by Gasteiger charge is -2.38. The van der Waals surface area contributed by atoms with Gasteiger partial charge in [-0.2, -0.15) is 0 Å². The Morgan fingerprint density at radius 2 is 1.65 bits per heavy atom. The number of carbonyl (C=O) groups is 1. The van der Waals surface area contributed by atoms with Crippen LogP contribution in [-0.2, 0) is 6.54 Å². The van der Waals surface area contributed by atoms with Crippen molar-refractivity contribution in [3.05, 3.63) is 100 Å². The number of carbonyl (C=O) groups excluding carboxylic acids is 1. The minimum absolute atomic E-state index is 0.00482. The van der Waals surface area contributed by atoms with Gasteiger partial charge < -0.3 is 19.5 Å². The summed E-state index contributed by atoms with van der Waals surface area (Å²) >= 11 is 0. The highest BCUT2D eigenvalue weighted by molar-refractivity contribution is 5.80. The van der Waals surface area contributed by atoms with Crippen molar-refractivity contribution in [2.75, 3.05) is 31.5 Å². The fraction of sp³-hybridized carbons (Fsp3) is 0.344. The predicted octanol–water partition coefficient (Wildman–Crippen LogP) is 5.86. The van der Waals surface area contributed by atoms with Gasteiger partial charge in [0.25, 0.3) is 5.56 Å². The number of para-hydroxylation sites is 1. The third-order valence-corrected chi connectivity index (χ3v) is 7.72. The molecule has 1 N–H and O–H groups in total. The molecule has 0 radical (unpaired) electrons. The van der Waals surface area contributed by atoms with Crippen LogP contribution in [0.3, 0.4) is 0 Å². The lowest BCUT2D eigenvalue weighted by atomic mass is 9.98. The number of benzene rings is 2. The first-order valence-electron chi connectivity index (χ1n) is 14.1. The molecule has 8 heteroatoms. The van der Waals surface area contributed by atoms with Gasteiger partial charge in [-0.05, 0) is 49.6 Å². The van der Waals surface area contributed by atoms with Crippen LogP contribution >= 0.6 is 0 Å². The molecule has 40 heavy (non-hydrogen) atoms. The standard InChI is InChI=1S/C32H37N5O3/c1-4-28(35-17-19-36(20-18-35)32(39)40-27-9-7-6-8-10-27)25-13-11-24(12-14-25)23(3)34-30-21-29-26(22-33-30)15-16-31(38)37(29)5-2/h6-16,21-23,28H,4-5,17-20H2,1-3H3,(H,33,34). The van der Waals surface area contributed by atoms with Gasteiger partial charge in [-0.1, -0.05) is 49.4 Å². The molecule has 1 fully saturated rings. The number of aryl methyl sites for hydroxylation is 1. The molecule has 208 valence electrons. The number of amides is 1. The monoisotopic (exact) mass is 539 g/mol. The van der Waals surface area contributed by atoms with E-state index in [1.54, 1.807) is 27.7 Å². The zero-order valence-electron chi connectivity index (χ0n) is 23.4. The molecule has 1 aliphatic rings. The molecule has 5 rings (SSSR count). The fourth-order valence-corrected chi connectivity index (χ4v) is 5.48. The number of pyridine rings is 2. The van der Waals surface area contributed by atoms with E-state index in [1.165, 1.54) is 5.56 Å². The van der Waals surface area contributed by atoms with Gasteiger partial charge in [0.05, 0.1) is 5.52 Å². The van der Waals surface area contributed by atoms with Crippen molar-refractivity contribution in [1.82, 2.24) is 19.4 Å². The van der Waals surface area contributed by atoms with Gasteiger partial charge in [0.15, 0.2) is 0 Å². The maximum absolute atomic E-state index is 12.6. The highest BCUT2D eigenvalue weighted by atomic mass is 16.6. The summed E-state index contributed by atoms with van der Waals surface area (Å²) < 4.78 is 7.28. The summed E-state index contributed by atoms with van der Waals surface area (Å²) in [7, 11) is 0. The summed E-state index contributed by atoms with van der Waals surface area (Å²) in [5, 5.41) is 4.44. The molecule has 0 aliphatic carbocycles. The average Bonchev–Trinajstić information content (AvgIpc) is 2.98. The van der Waals surface area contributed by atoms with Crippen LogP contribution < -0.4 is 15.6 Å². The Labute approximate surface area is 235 Å². The number of hydrogen-bond acceptors (Lipinski definition) is 6. The average molecular weight is 540 g/mol. The molecule has 8 nitrogen and oxygen atoms in total. The maximum atomic E-state index is 12.6. The second-order valence-corrected chi connectivity index (χ2v) is 10.2. The van der Waals surface area contributed by atoms with Crippen LogP contribution in [0.15, 0.2) is 83.8 Å². The van der Waals surface area contributed by atoms with E-state index in [-0.39, 0.29) is 23.7 Å². The van der Waals surface area contributed by atoms with Gasteiger partial charge in [0.1, 0.15) is 11.6 Å². The van der Waals surface area contributed by atoms with Crippen LogP contribution in [0.5, 0.6) is 5.75 Å². The summed E-state index contributed by atoms with van der Waals surface area (Å²) in [6.45, 7) is 9.81. The predicted molar refractivity (Wildman–Crippen MR) is 159 cm³/mol. The fourth-order valence-electron chi connectivity index (χ4n) is 5.48. The molecular weight excluding hydrogens is 502 g/mol.